The van der Waals surface area contributed by atoms with Crippen molar-refractivity contribution in [3.63, 3.8) is 0 Å². The number of rotatable bonds is 21. The molecule has 17 heteroatoms. The summed E-state index contributed by atoms with van der Waals surface area (Å²) in [6.45, 7) is 8.76. The highest BCUT2D eigenvalue weighted by atomic mass is 31.2. The van der Waals surface area contributed by atoms with E-state index in [1.807, 2.05) is 95.6 Å². The standard InChI is InChI=1S/C55H59N8O8P/c1-37(2)63(38(3)4)72(70-32-16-31-56)71-47-33-44(62-36-57-49-50(58-52(64)39-17-10-7-11-18-39)59-54(60-51(49)62)61-53(65)40-19-12-8-13-20-40)34-68-48(47)35-69-55(41-21-14-9-15-22-41,42-23-27-45(66-5)28-24-42)43-25-29-46(67-6)30-26-43/h7-15,17-30,36-38,44,47-48H,16,32-35H2,1-6H3,(H2,58,59,60,61,64,65)/t44-,47-,48+,72?/m0/s1. The zero-order valence-corrected chi connectivity index (χ0v) is 42.1. The van der Waals surface area contributed by atoms with Gasteiger partial charge in [0.1, 0.15) is 23.2 Å². The third-order valence-corrected chi connectivity index (χ3v) is 14.4. The number of nitrogens with zero attached hydrogens (tertiary/aromatic N) is 6. The molecule has 4 atom stereocenters. The predicted molar refractivity (Wildman–Crippen MR) is 276 cm³/mol. The van der Waals surface area contributed by atoms with Crippen LogP contribution in [0.3, 0.4) is 0 Å². The van der Waals surface area contributed by atoms with Crippen LogP contribution in [-0.4, -0.2) is 94.3 Å². The number of amides is 2. The van der Waals surface area contributed by atoms with Crippen molar-refractivity contribution in [3.8, 4) is 17.6 Å². The summed E-state index contributed by atoms with van der Waals surface area (Å²) in [5.74, 6) is 0.626. The van der Waals surface area contributed by atoms with E-state index in [9.17, 15) is 14.9 Å². The Hall–Kier alpha value is -7.09. The van der Waals surface area contributed by atoms with Gasteiger partial charge in [-0.2, -0.15) is 15.2 Å². The number of anilines is 2. The van der Waals surface area contributed by atoms with Crippen molar-refractivity contribution in [2.45, 2.75) is 76.5 Å². The van der Waals surface area contributed by atoms with Crippen molar-refractivity contribution in [2.24, 2.45) is 0 Å². The fourth-order valence-corrected chi connectivity index (χ4v) is 10.6. The van der Waals surface area contributed by atoms with E-state index < -0.39 is 44.2 Å². The second-order valence-electron chi connectivity index (χ2n) is 17.6. The molecule has 2 amide bonds. The number of nitrogens with one attached hydrogen (secondary N) is 2. The molecule has 0 saturated carbocycles. The first-order valence-corrected chi connectivity index (χ1v) is 25.0. The quantitative estimate of drug-likeness (QED) is 0.0394. The van der Waals surface area contributed by atoms with Crippen LogP contribution in [0, 0.1) is 11.3 Å². The first-order chi connectivity index (χ1) is 35.0. The average molecular weight is 991 g/mol. The van der Waals surface area contributed by atoms with Gasteiger partial charge in [0.2, 0.25) is 5.95 Å². The summed E-state index contributed by atoms with van der Waals surface area (Å²) in [5, 5.41) is 15.3. The maximum absolute atomic E-state index is 13.6. The van der Waals surface area contributed by atoms with Crippen LogP contribution in [0.4, 0.5) is 11.8 Å². The molecule has 1 saturated heterocycles. The Balaban J connectivity index is 1.20. The van der Waals surface area contributed by atoms with Crippen molar-refractivity contribution in [1.82, 2.24) is 24.2 Å². The summed E-state index contributed by atoms with van der Waals surface area (Å²) in [6, 6.07) is 45.0. The number of aromatic nitrogens is 4. The number of fused-ring (bicyclic) bond motifs is 1. The summed E-state index contributed by atoms with van der Waals surface area (Å²) < 4.78 is 43.3. The molecular weight excluding hydrogens is 932 g/mol. The van der Waals surface area contributed by atoms with Gasteiger partial charge in [-0.3, -0.25) is 14.9 Å². The smallest absolute Gasteiger partial charge is 0.259 e. The number of ether oxygens (including phenoxy) is 4. The van der Waals surface area contributed by atoms with E-state index in [1.54, 1.807) is 69.1 Å². The van der Waals surface area contributed by atoms with Gasteiger partial charge in [-0.15, -0.1) is 0 Å². The molecule has 3 heterocycles. The van der Waals surface area contributed by atoms with E-state index in [4.69, 9.17) is 38.0 Å². The zero-order chi connectivity index (χ0) is 50.6. The van der Waals surface area contributed by atoms with Crippen molar-refractivity contribution in [2.75, 3.05) is 44.7 Å². The van der Waals surface area contributed by atoms with Crippen LogP contribution in [0.2, 0.25) is 0 Å². The first-order valence-electron chi connectivity index (χ1n) is 23.9. The fourth-order valence-electron chi connectivity index (χ4n) is 8.84. The summed E-state index contributed by atoms with van der Waals surface area (Å²) in [7, 11) is 1.51. The minimum Gasteiger partial charge on any atom is -0.497 e. The summed E-state index contributed by atoms with van der Waals surface area (Å²) in [4.78, 5) is 41.4. The molecule has 0 spiro atoms. The highest BCUT2D eigenvalue weighted by molar-refractivity contribution is 7.44. The molecule has 2 aromatic heterocycles. The second-order valence-corrected chi connectivity index (χ2v) is 19.0. The Bertz CT molecular complexity index is 2870. The van der Waals surface area contributed by atoms with E-state index in [-0.39, 0.29) is 50.1 Å². The van der Waals surface area contributed by atoms with E-state index in [0.717, 1.165) is 16.7 Å². The fraction of sp³-hybridized carbons (Fsp3) is 0.309. The van der Waals surface area contributed by atoms with Gasteiger partial charge in [0.05, 0.1) is 65.0 Å². The lowest BCUT2D eigenvalue weighted by Crippen LogP contribution is -2.46. The highest BCUT2D eigenvalue weighted by Gasteiger charge is 2.43. The molecular formula is C55H59N8O8P. The summed E-state index contributed by atoms with van der Waals surface area (Å²) >= 11 is 0. The lowest BCUT2D eigenvalue weighted by molar-refractivity contribution is -0.135. The first kappa shape index (κ1) is 51.3. The lowest BCUT2D eigenvalue weighted by atomic mass is 9.80. The molecule has 0 radical (unpaired) electrons. The Morgan fingerprint density at radius 3 is 1.86 bits per heavy atom. The number of nitriles is 1. The van der Waals surface area contributed by atoms with Crippen LogP contribution >= 0.6 is 8.53 Å². The van der Waals surface area contributed by atoms with Gasteiger partial charge in [0.25, 0.3) is 20.3 Å². The SMILES string of the molecule is COc1ccc(C(OC[C@H]2OC[C@@H](n3cnc4c(NC(=O)c5ccccc5)nc(NC(=O)c5ccccc5)nc43)C[C@@H]2OP(OCCC#N)N(C(C)C)C(C)C)(c2ccccc2)c2ccc(OC)cc2)cc1. The monoisotopic (exact) mass is 990 g/mol. The van der Waals surface area contributed by atoms with Gasteiger partial charge in [-0.05, 0) is 99.3 Å². The number of hydrogen-bond acceptors (Lipinski definition) is 13. The predicted octanol–water partition coefficient (Wildman–Crippen LogP) is 10.3. The molecule has 8 rings (SSSR count). The van der Waals surface area contributed by atoms with Gasteiger partial charge in [0, 0.05) is 23.2 Å². The Labute approximate surface area is 421 Å². The van der Waals surface area contributed by atoms with Crippen LogP contribution in [-0.2, 0) is 24.1 Å². The Kier molecular flexibility index (Phi) is 17.0. The molecule has 5 aromatic carbocycles. The number of benzene rings is 5. The topological polar surface area (TPSA) is 184 Å². The minimum absolute atomic E-state index is 0.0207. The van der Waals surface area contributed by atoms with Gasteiger partial charge < -0.3 is 37.9 Å². The number of methoxy groups -OCH3 is 2. The number of imidazole rings is 1. The third-order valence-electron chi connectivity index (χ3n) is 12.3. The maximum atomic E-state index is 13.6. The third kappa shape index (κ3) is 11.6. The van der Waals surface area contributed by atoms with Crippen LogP contribution in [0.25, 0.3) is 11.2 Å². The van der Waals surface area contributed by atoms with Crippen LogP contribution in [0.1, 0.15) is 84.0 Å². The zero-order valence-electron chi connectivity index (χ0n) is 41.2. The number of carbonyl (C=O) groups is 2. The lowest BCUT2D eigenvalue weighted by Gasteiger charge is -2.43. The van der Waals surface area contributed by atoms with Crippen LogP contribution in [0.5, 0.6) is 11.5 Å². The number of carbonyl (C=O) groups excluding carboxylic acids is 2. The molecule has 1 unspecified atom stereocenters. The minimum atomic E-state index is -1.76. The molecule has 72 heavy (non-hydrogen) atoms. The average Bonchev–Trinajstić information content (AvgIpc) is 3.84. The van der Waals surface area contributed by atoms with Crippen molar-refractivity contribution in [3.05, 3.63) is 174 Å². The van der Waals surface area contributed by atoms with E-state index >= 15 is 0 Å². The maximum Gasteiger partial charge on any atom is 0.259 e. The molecule has 16 nitrogen and oxygen atoms in total. The molecule has 0 aliphatic carbocycles. The normalized spacial score (nSPS) is 16.4. The molecule has 372 valence electrons. The van der Waals surface area contributed by atoms with Crippen molar-refractivity contribution < 1.29 is 37.6 Å². The Morgan fingerprint density at radius 1 is 0.778 bits per heavy atom. The van der Waals surface area contributed by atoms with E-state index in [1.165, 1.54) is 0 Å². The number of hydrogen-bond donors (Lipinski definition) is 2. The summed E-state index contributed by atoms with van der Waals surface area (Å²) in [6.07, 6.45) is 0.869. The molecule has 1 aliphatic rings. The van der Waals surface area contributed by atoms with E-state index in [0.29, 0.717) is 40.2 Å². The highest BCUT2D eigenvalue weighted by Crippen LogP contribution is 2.50. The molecule has 1 aliphatic heterocycles. The summed E-state index contributed by atoms with van der Waals surface area (Å²) in [5.41, 5.74) is 2.90. The molecule has 2 N–H and O–H groups in total. The largest absolute Gasteiger partial charge is 0.497 e. The second kappa shape index (κ2) is 23.9. The van der Waals surface area contributed by atoms with Crippen LogP contribution < -0.4 is 20.1 Å². The van der Waals surface area contributed by atoms with Crippen LogP contribution in [0.15, 0.2) is 146 Å². The van der Waals surface area contributed by atoms with Gasteiger partial charge >= 0.3 is 0 Å². The molecule has 1 fully saturated rings. The Morgan fingerprint density at radius 2 is 1.32 bits per heavy atom. The molecule has 0 bridgehead atoms. The van der Waals surface area contributed by atoms with Crippen molar-refractivity contribution in [1.29, 1.82) is 5.26 Å². The van der Waals surface area contributed by atoms with Gasteiger partial charge in [-0.1, -0.05) is 91.0 Å². The van der Waals surface area contributed by atoms with Gasteiger partial charge in [-0.25, -0.2) is 9.65 Å². The van der Waals surface area contributed by atoms with Crippen molar-refractivity contribution >= 4 is 43.3 Å². The van der Waals surface area contributed by atoms with Gasteiger partial charge in [0.15, 0.2) is 17.0 Å². The molecule has 7 aromatic rings. The van der Waals surface area contributed by atoms with E-state index in [2.05, 4.69) is 54.1 Å².